The fourth-order valence-corrected chi connectivity index (χ4v) is 1.67. The number of carbonyl (C=O) groups excluding carboxylic acids is 1. The minimum atomic E-state index is -0.157. The van der Waals surface area contributed by atoms with Gasteiger partial charge in [-0.2, -0.15) is 10.5 Å². The smallest absolute Gasteiger partial charge is 0.230 e. The molecule has 82 valence electrons. The lowest BCUT2D eigenvalue weighted by atomic mass is 10.1. The van der Waals surface area contributed by atoms with Crippen molar-refractivity contribution >= 4 is 11.9 Å². The maximum Gasteiger partial charge on any atom is 0.230 e. The predicted octanol–water partition coefficient (Wildman–Crippen LogP) is 0.139. The third-order valence-corrected chi connectivity index (χ3v) is 2.53. The third kappa shape index (κ3) is 1.71. The van der Waals surface area contributed by atoms with Gasteiger partial charge in [0.05, 0.1) is 0 Å². The zero-order valence-corrected chi connectivity index (χ0v) is 8.77. The first kappa shape index (κ1) is 10.7. The van der Waals surface area contributed by atoms with E-state index in [0.29, 0.717) is 6.54 Å². The summed E-state index contributed by atoms with van der Waals surface area (Å²) >= 11 is 0. The summed E-state index contributed by atoms with van der Waals surface area (Å²) in [7, 11) is 0. The zero-order chi connectivity index (χ0) is 12.4. The van der Waals surface area contributed by atoms with Crippen LogP contribution >= 0.6 is 0 Å². The molecular weight excluding hydrogens is 218 g/mol. The lowest BCUT2D eigenvalue weighted by Crippen LogP contribution is -2.25. The van der Waals surface area contributed by atoms with E-state index in [-0.39, 0.29) is 35.6 Å². The summed E-state index contributed by atoms with van der Waals surface area (Å²) < 4.78 is 0. The molecule has 6 heteroatoms. The SMILES string of the molecule is C#CC1CC(=O)N(c2nc(C#N)c(C#N)[nH]2)C1. The molecule has 1 saturated heterocycles. The standard InChI is InChI=1S/C11H7N5O/c1-2-7-3-10(17)16(6-7)11-14-8(4-12)9(5-13)15-11/h1,7H,3,6H2,(H,14,15). The molecule has 0 spiro atoms. The maximum absolute atomic E-state index is 11.6. The van der Waals surface area contributed by atoms with Crippen LogP contribution in [0.3, 0.4) is 0 Å². The van der Waals surface area contributed by atoms with Crippen molar-refractivity contribution < 1.29 is 4.79 Å². The van der Waals surface area contributed by atoms with Crippen LogP contribution in [0.25, 0.3) is 0 Å². The first-order valence-corrected chi connectivity index (χ1v) is 4.86. The number of nitrogens with zero attached hydrogens (tertiary/aromatic N) is 4. The summed E-state index contributed by atoms with van der Waals surface area (Å²) in [6.45, 7) is 0.360. The summed E-state index contributed by atoms with van der Waals surface area (Å²) in [6.07, 6.45) is 5.52. The number of hydrogen-bond acceptors (Lipinski definition) is 4. The van der Waals surface area contributed by atoms with Crippen molar-refractivity contribution in [1.82, 2.24) is 9.97 Å². The van der Waals surface area contributed by atoms with E-state index in [1.807, 2.05) is 6.07 Å². The van der Waals surface area contributed by atoms with Crippen LogP contribution in [0.15, 0.2) is 0 Å². The number of imidazole rings is 1. The highest BCUT2D eigenvalue weighted by Gasteiger charge is 2.31. The molecule has 0 saturated carbocycles. The van der Waals surface area contributed by atoms with Gasteiger partial charge in [-0.05, 0) is 0 Å². The first-order chi connectivity index (χ1) is 8.19. The molecule has 1 amide bonds. The van der Waals surface area contributed by atoms with E-state index in [4.69, 9.17) is 16.9 Å². The highest BCUT2D eigenvalue weighted by atomic mass is 16.2. The Morgan fingerprint density at radius 3 is 2.71 bits per heavy atom. The van der Waals surface area contributed by atoms with Crippen molar-refractivity contribution in [3.8, 4) is 24.5 Å². The van der Waals surface area contributed by atoms with Gasteiger partial charge in [-0.25, -0.2) is 4.98 Å². The minimum Gasteiger partial charge on any atom is -0.314 e. The average Bonchev–Trinajstić information content (AvgIpc) is 2.91. The molecule has 1 fully saturated rings. The number of nitrogens with one attached hydrogen (secondary N) is 1. The van der Waals surface area contributed by atoms with Gasteiger partial charge in [-0.1, -0.05) is 0 Å². The second-order valence-electron chi connectivity index (χ2n) is 3.58. The highest BCUT2D eigenvalue weighted by molar-refractivity contribution is 5.94. The van der Waals surface area contributed by atoms with Gasteiger partial charge in [0, 0.05) is 18.9 Å². The molecule has 2 rings (SSSR count). The lowest BCUT2D eigenvalue weighted by molar-refractivity contribution is -0.117. The topological polar surface area (TPSA) is 96.6 Å². The van der Waals surface area contributed by atoms with Crippen LogP contribution in [0.4, 0.5) is 5.95 Å². The molecule has 1 aliphatic rings. The molecule has 1 unspecified atom stereocenters. The quantitative estimate of drug-likeness (QED) is 0.687. The fraction of sp³-hybridized carbons (Fsp3) is 0.273. The van der Waals surface area contributed by atoms with Gasteiger partial charge in [-0.15, -0.1) is 12.3 Å². The van der Waals surface area contributed by atoms with E-state index >= 15 is 0 Å². The van der Waals surface area contributed by atoms with E-state index in [1.165, 1.54) is 4.90 Å². The molecule has 1 aromatic rings. The second-order valence-corrected chi connectivity index (χ2v) is 3.58. The fourth-order valence-electron chi connectivity index (χ4n) is 1.67. The summed E-state index contributed by atoms with van der Waals surface area (Å²) in [5.41, 5.74) is 0.0407. The van der Waals surface area contributed by atoms with Gasteiger partial charge < -0.3 is 4.98 Å². The molecule has 0 aromatic carbocycles. The van der Waals surface area contributed by atoms with Crippen LogP contribution in [0.1, 0.15) is 17.8 Å². The van der Waals surface area contributed by atoms with Gasteiger partial charge >= 0.3 is 0 Å². The van der Waals surface area contributed by atoms with Gasteiger partial charge in [0.2, 0.25) is 11.9 Å². The molecular formula is C11H7N5O. The van der Waals surface area contributed by atoms with Crippen molar-refractivity contribution in [1.29, 1.82) is 10.5 Å². The van der Waals surface area contributed by atoms with Crippen molar-refractivity contribution in [2.24, 2.45) is 5.92 Å². The molecule has 6 nitrogen and oxygen atoms in total. The Morgan fingerprint density at radius 2 is 2.24 bits per heavy atom. The number of terminal acetylenes is 1. The van der Waals surface area contributed by atoms with Crippen molar-refractivity contribution in [3.05, 3.63) is 11.4 Å². The molecule has 1 atom stereocenters. The summed E-state index contributed by atoms with van der Waals surface area (Å²) in [5, 5.41) is 17.5. The van der Waals surface area contributed by atoms with Crippen LogP contribution in [0.2, 0.25) is 0 Å². The number of aromatic amines is 1. The van der Waals surface area contributed by atoms with E-state index < -0.39 is 0 Å². The van der Waals surface area contributed by atoms with Gasteiger partial charge in [0.25, 0.3) is 0 Å². The lowest BCUT2D eigenvalue weighted by Gasteiger charge is -2.10. The molecule has 0 aliphatic carbocycles. The zero-order valence-electron chi connectivity index (χ0n) is 8.77. The second kappa shape index (κ2) is 4.00. The summed E-state index contributed by atoms with van der Waals surface area (Å²) in [5.74, 6) is 2.41. The van der Waals surface area contributed by atoms with E-state index in [1.54, 1.807) is 6.07 Å². The Labute approximate surface area is 97.5 Å². The average molecular weight is 225 g/mol. The van der Waals surface area contributed by atoms with Crippen molar-refractivity contribution in [2.75, 3.05) is 11.4 Å². The molecule has 1 aromatic heterocycles. The number of aromatic nitrogens is 2. The first-order valence-electron chi connectivity index (χ1n) is 4.86. The third-order valence-electron chi connectivity index (χ3n) is 2.53. The molecule has 1 aliphatic heterocycles. The van der Waals surface area contributed by atoms with E-state index in [9.17, 15) is 4.79 Å². The number of H-pyrrole nitrogens is 1. The minimum absolute atomic E-state index is 0.0144. The monoisotopic (exact) mass is 225 g/mol. The Morgan fingerprint density at radius 1 is 1.47 bits per heavy atom. The number of anilines is 1. The number of amides is 1. The van der Waals surface area contributed by atoms with Gasteiger partial charge in [-0.3, -0.25) is 9.69 Å². The number of carbonyl (C=O) groups is 1. The Hall–Kier alpha value is -2.78. The molecule has 1 N–H and O–H groups in total. The highest BCUT2D eigenvalue weighted by Crippen LogP contribution is 2.23. The van der Waals surface area contributed by atoms with E-state index in [0.717, 1.165) is 0 Å². The van der Waals surface area contributed by atoms with Crippen LogP contribution < -0.4 is 4.90 Å². The Balaban J connectivity index is 2.34. The van der Waals surface area contributed by atoms with Crippen LogP contribution in [0.5, 0.6) is 0 Å². The number of nitriles is 2. The Kier molecular flexibility index (Phi) is 2.52. The predicted molar refractivity (Wildman–Crippen MR) is 57.3 cm³/mol. The maximum atomic E-state index is 11.6. The van der Waals surface area contributed by atoms with Crippen LogP contribution in [-0.2, 0) is 4.79 Å². The van der Waals surface area contributed by atoms with Crippen molar-refractivity contribution in [2.45, 2.75) is 6.42 Å². The number of rotatable bonds is 1. The summed E-state index contributed by atoms with van der Waals surface area (Å²) in [6, 6.07) is 3.60. The van der Waals surface area contributed by atoms with Crippen LogP contribution in [0, 0.1) is 40.9 Å². The molecule has 17 heavy (non-hydrogen) atoms. The molecule has 0 bridgehead atoms. The Bertz CT molecular complexity index is 563. The van der Waals surface area contributed by atoms with Crippen LogP contribution in [-0.4, -0.2) is 22.4 Å². The summed E-state index contributed by atoms with van der Waals surface area (Å²) in [4.78, 5) is 19.6. The van der Waals surface area contributed by atoms with Crippen molar-refractivity contribution in [3.63, 3.8) is 0 Å². The van der Waals surface area contributed by atoms with Gasteiger partial charge in [0.1, 0.15) is 12.1 Å². The van der Waals surface area contributed by atoms with Gasteiger partial charge in [0.15, 0.2) is 11.4 Å². The molecule has 2 heterocycles. The normalized spacial score (nSPS) is 18.5. The van der Waals surface area contributed by atoms with E-state index in [2.05, 4.69) is 15.9 Å². The molecule has 0 radical (unpaired) electrons. The largest absolute Gasteiger partial charge is 0.314 e. The number of hydrogen-bond donors (Lipinski definition) is 1.